The Hall–Kier alpha value is -1.23. The topological polar surface area (TPSA) is 78.8 Å². The summed E-state index contributed by atoms with van der Waals surface area (Å²) in [5, 5.41) is 11.5. The summed E-state index contributed by atoms with van der Waals surface area (Å²) in [4.78, 5) is 27.2. The zero-order chi connectivity index (χ0) is 16.1. The average Bonchev–Trinajstić information content (AvgIpc) is 2.90. The maximum atomic E-state index is 11.5. The van der Waals surface area contributed by atoms with Gasteiger partial charge in [0.05, 0.1) is 23.8 Å². The number of rotatable bonds is 8. The second-order valence-electron chi connectivity index (χ2n) is 6.38. The lowest BCUT2D eigenvalue weighted by Crippen LogP contribution is -2.45. The first-order valence-electron chi connectivity index (χ1n) is 8.49. The Labute approximate surface area is 132 Å². The van der Waals surface area contributed by atoms with E-state index in [0.29, 0.717) is 13.0 Å². The van der Waals surface area contributed by atoms with Crippen LogP contribution in [-0.4, -0.2) is 36.7 Å². The Balaban J connectivity index is 2.20. The average molecular weight is 308 g/mol. The van der Waals surface area contributed by atoms with Crippen molar-refractivity contribution in [1.29, 1.82) is 0 Å². The van der Waals surface area contributed by atoms with E-state index in [4.69, 9.17) is 4.74 Å². The quantitative estimate of drug-likeness (QED) is 0.501. The monoisotopic (exact) mass is 308 g/mol. The highest BCUT2D eigenvalue weighted by Crippen LogP contribution is 2.43. The summed E-state index contributed by atoms with van der Waals surface area (Å²) in [5.74, 6) is -1.53. The Kier molecular flexibility index (Phi) is 6.12. The van der Waals surface area contributed by atoms with E-state index in [1.54, 1.807) is 0 Å². The third-order valence-electron chi connectivity index (χ3n) is 5.05. The predicted octanol–water partition coefficient (Wildman–Crippen LogP) is 1.39. The van der Waals surface area contributed by atoms with E-state index in [1.165, 1.54) is 0 Å². The van der Waals surface area contributed by atoms with Gasteiger partial charge in [-0.25, -0.2) is 0 Å². The van der Waals surface area contributed by atoms with Gasteiger partial charge in [-0.15, -0.1) is 0 Å². The third kappa shape index (κ3) is 3.40. The van der Waals surface area contributed by atoms with Crippen LogP contribution in [-0.2, 0) is 14.3 Å². The smallest absolute Gasteiger partial charge is 0.125 e. The summed E-state index contributed by atoms with van der Waals surface area (Å²) >= 11 is 0. The van der Waals surface area contributed by atoms with Crippen molar-refractivity contribution in [1.82, 2.24) is 0 Å². The lowest BCUT2D eigenvalue weighted by atomic mass is 9.71. The number of nitrogens with zero attached hydrogens (tertiary/aromatic N) is 1. The van der Waals surface area contributed by atoms with Crippen LogP contribution >= 0.6 is 0 Å². The van der Waals surface area contributed by atoms with Gasteiger partial charge in [-0.3, -0.25) is 4.99 Å². The molecule has 1 unspecified atom stereocenters. The SMILES string of the molecule is CCCCO[C@@H]1CCC[C@@H]2C1C(C(=O)[O-])=N[C@@H]2[C@H](C=O)CC. The summed E-state index contributed by atoms with van der Waals surface area (Å²) in [7, 11) is 0. The zero-order valence-electron chi connectivity index (χ0n) is 13.5. The molecule has 0 bridgehead atoms. The highest BCUT2D eigenvalue weighted by atomic mass is 16.5. The van der Waals surface area contributed by atoms with Crippen molar-refractivity contribution in [2.75, 3.05) is 6.61 Å². The summed E-state index contributed by atoms with van der Waals surface area (Å²) in [6, 6.07) is -0.224. The van der Waals surface area contributed by atoms with E-state index in [2.05, 4.69) is 11.9 Å². The van der Waals surface area contributed by atoms with Crippen LogP contribution < -0.4 is 5.11 Å². The van der Waals surface area contributed by atoms with Crippen molar-refractivity contribution in [3.63, 3.8) is 0 Å². The molecule has 124 valence electrons. The van der Waals surface area contributed by atoms with Crippen molar-refractivity contribution < 1.29 is 19.4 Å². The number of aldehydes is 1. The molecule has 1 heterocycles. The van der Waals surface area contributed by atoms with Crippen molar-refractivity contribution in [3.05, 3.63) is 0 Å². The number of hydrogen-bond donors (Lipinski definition) is 0. The van der Waals surface area contributed by atoms with E-state index >= 15 is 0 Å². The molecule has 0 aromatic rings. The summed E-state index contributed by atoms with van der Waals surface area (Å²) < 4.78 is 5.95. The van der Waals surface area contributed by atoms with Gasteiger partial charge in [0.25, 0.3) is 0 Å². The van der Waals surface area contributed by atoms with Gasteiger partial charge in [0.2, 0.25) is 0 Å². The third-order valence-corrected chi connectivity index (χ3v) is 5.05. The largest absolute Gasteiger partial charge is 0.543 e. The highest BCUT2D eigenvalue weighted by Gasteiger charge is 2.47. The number of fused-ring (bicyclic) bond motifs is 1. The van der Waals surface area contributed by atoms with E-state index in [0.717, 1.165) is 38.4 Å². The fraction of sp³-hybridized carbons (Fsp3) is 0.824. The first kappa shape index (κ1) is 17.1. The van der Waals surface area contributed by atoms with Crippen LogP contribution in [0.25, 0.3) is 0 Å². The van der Waals surface area contributed by atoms with Crippen molar-refractivity contribution in [2.24, 2.45) is 22.7 Å². The molecular weight excluding hydrogens is 282 g/mol. The summed E-state index contributed by atoms with van der Waals surface area (Å²) in [6.45, 7) is 4.70. The molecule has 5 heteroatoms. The fourth-order valence-electron chi connectivity index (χ4n) is 3.88. The number of aliphatic carboxylic acids is 1. The Bertz CT molecular complexity index is 434. The van der Waals surface area contributed by atoms with Crippen LogP contribution in [0.3, 0.4) is 0 Å². The molecule has 0 amide bonds. The van der Waals surface area contributed by atoms with Crippen LogP contribution in [0, 0.1) is 17.8 Å². The lowest BCUT2D eigenvalue weighted by Gasteiger charge is -2.37. The van der Waals surface area contributed by atoms with Gasteiger partial charge in [0, 0.05) is 18.4 Å². The highest BCUT2D eigenvalue weighted by molar-refractivity contribution is 6.36. The number of hydrogen-bond acceptors (Lipinski definition) is 5. The van der Waals surface area contributed by atoms with Crippen molar-refractivity contribution in [2.45, 2.75) is 64.5 Å². The van der Waals surface area contributed by atoms with Crippen LogP contribution in [0.5, 0.6) is 0 Å². The number of carbonyl (C=O) groups excluding carboxylic acids is 2. The first-order chi connectivity index (χ1) is 10.6. The van der Waals surface area contributed by atoms with E-state index in [-0.39, 0.29) is 35.6 Å². The van der Waals surface area contributed by atoms with Crippen molar-refractivity contribution in [3.8, 4) is 0 Å². The number of carboxylic acids is 1. The van der Waals surface area contributed by atoms with E-state index < -0.39 is 5.97 Å². The molecule has 0 spiro atoms. The minimum Gasteiger partial charge on any atom is -0.543 e. The molecule has 1 saturated carbocycles. The Morgan fingerprint density at radius 3 is 2.82 bits per heavy atom. The Morgan fingerprint density at radius 2 is 2.23 bits per heavy atom. The summed E-state index contributed by atoms with van der Waals surface area (Å²) in [6.07, 6.45) is 6.30. The van der Waals surface area contributed by atoms with Gasteiger partial charge >= 0.3 is 0 Å². The van der Waals surface area contributed by atoms with Crippen molar-refractivity contribution >= 4 is 18.0 Å². The van der Waals surface area contributed by atoms with E-state index in [9.17, 15) is 14.7 Å². The molecule has 0 aromatic carbocycles. The lowest BCUT2D eigenvalue weighted by molar-refractivity contribution is -0.294. The molecule has 5 nitrogen and oxygen atoms in total. The van der Waals surface area contributed by atoms with Gasteiger partial charge in [-0.05, 0) is 31.6 Å². The zero-order valence-corrected chi connectivity index (χ0v) is 13.5. The van der Waals surface area contributed by atoms with Gasteiger partial charge in [0.15, 0.2) is 0 Å². The minimum absolute atomic E-state index is 0.100. The predicted molar refractivity (Wildman–Crippen MR) is 81.6 cm³/mol. The molecule has 0 saturated heterocycles. The number of carbonyl (C=O) groups is 2. The van der Waals surface area contributed by atoms with Crippen LogP contribution in [0.1, 0.15) is 52.4 Å². The fourth-order valence-corrected chi connectivity index (χ4v) is 3.88. The second-order valence-corrected chi connectivity index (χ2v) is 6.38. The Morgan fingerprint density at radius 1 is 1.45 bits per heavy atom. The molecular formula is C17H26NO4-. The molecule has 5 atom stereocenters. The molecule has 1 aliphatic heterocycles. The van der Waals surface area contributed by atoms with Crippen LogP contribution in [0.4, 0.5) is 0 Å². The van der Waals surface area contributed by atoms with Crippen LogP contribution in [0.2, 0.25) is 0 Å². The second kappa shape index (κ2) is 7.86. The maximum Gasteiger partial charge on any atom is 0.125 e. The molecule has 2 aliphatic rings. The number of ether oxygens (including phenoxy) is 1. The molecule has 0 N–H and O–H groups in total. The minimum atomic E-state index is -1.20. The van der Waals surface area contributed by atoms with E-state index in [1.807, 2.05) is 6.92 Å². The van der Waals surface area contributed by atoms with Crippen LogP contribution in [0.15, 0.2) is 4.99 Å². The molecule has 22 heavy (non-hydrogen) atoms. The summed E-state index contributed by atoms with van der Waals surface area (Å²) in [5.41, 5.74) is 0.122. The number of carboxylic acid groups (broad SMARTS) is 1. The van der Waals surface area contributed by atoms with Gasteiger partial charge in [0.1, 0.15) is 6.29 Å². The van der Waals surface area contributed by atoms with Gasteiger partial charge in [-0.2, -0.15) is 0 Å². The number of unbranched alkanes of at least 4 members (excludes halogenated alkanes) is 1. The van der Waals surface area contributed by atoms with Gasteiger partial charge in [-0.1, -0.05) is 26.7 Å². The molecule has 1 fully saturated rings. The number of aliphatic imine (C=N–C) groups is 1. The molecule has 2 rings (SSSR count). The first-order valence-corrected chi connectivity index (χ1v) is 8.49. The molecule has 0 radical (unpaired) electrons. The molecule has 1 aliphatic carbocycles. The molecule has 0 aromatic heterocycles. The maximum absolute atomic E-state index is 11.5. The normalized spacial score (nSPS) is 32.2. The van der Waals surface area contributed by atoms with Gasteiger partial charge < -0.3 is 19.4 Å². The standard InChI is InChI=1S/C17H27NO4/c1-3-5-9-22-13-8-6-7-12-14(13)16(17(20)21)18-15(12)11(4-2)10-19/h10-15H,3-9H2,1-2H3,(H,20,21)/p-1/t11-,12+,13+,14?,15+/m0/s1.